The van der Waals surface area contributed by atoms with Gasteiger partial charge in [0.2, 0.25) is 0 Å². The number of hydrogen-bond acceptors (Lipinski definition) is 2. The van der Waals surface area contributed by atoms with Gasteiger partial charge in [-0.1, -0.05) is 140 Å². The highest BCUT2D eigenvalue weighted by atomic mass is 16.3. The van der Waals surface area contributed by atoms with Gasteiger partial charge in [0.15, 0.2) is 0 Å². The molecular weight excluding hydrogens is 522 g/mol. The van der Waals surface area contributed by atoms with E-state index in [0.29, 0.717) is 0 Å². The van der Waals surface area contributed by atoms with E-state index in [1.807, 2.05) is 12.1 Å². The van der Waals surface area contributed by atoms with E-state index in [0.717, 1.165) is 66.7 Å². The SMILES string of the molecule is c1ccc(-c2cccc(-c3cccc4c3oc3cccc(-c5cc(-c6ccccc6)cc(-c6ccccc6)n5)c34)c2)cc1. The first-order valence-electron chi connectivity index (χ1n) is 14.6. The molecule has 2 heterocycles. The fraction of sp³-hybridized carbons (Fsp3) is 0. The molecule has 43 heavy (non-hydrogen) atoms. The molecule has 0 aliphatic rings. The first-order chi connectivity index (χ1) is 21.3. The van der Waals surface area contributed by atoms with Crippen molar-refractivity contribution in [2.45, 2.75) is 0 Å². The van der Waals surface area contributed by atoms with Gasteiger partial charge in [-0.15, -0.1) is 0 Å². The lowest BCUT2D eigenvalue weighted by molar-refractivity contribution is 0.670. The van der Waals surface area contributed by atoms with Gasteiger partial charge in [0.25, 0.3) is 0 Å². The van der Waals surface area contributed by atoms with Crippen LogP contribution in [-0.2, 0) is 0 Å². The third kappa shape index (κ3) is 4.60. The van der Waals surface area contributed by atoms with Crippen molar-refractivity contribution in [3.8, 4) is 55.9 Å². The van der Waals surface area contributed by atoms with E-state index in [9.17, 15) is 0 Å². The van der Waals surface area contributed by atoms with Gasteiger partial charge in [0, 0.05) is 27.5 Å². The van der Waals surface area contributed by atoms with Crippen LogP contribution in [0.25, 0.3) is 77.8 Å². The summed E-state index contributed by atoms with van der Waals surface area (Å²) in [5.74, 6) is 0. The quantitative estimate of drug-likeness (QED) is 0.213. The fourth-order valence-corrected chi connectivity index (χ4v) is 6.01. The van der Waals surface area contributed by atoms with Gasteiger partial charge in [-0.2, -0.15) is 0 Å². The van der Waals surface area contributed by atoms with Crippen molar-refractivity contribution >= 4 is 21.9 Å². The van der Waals surface area contributed by atoms with Crippen LogP contribution in [0.3, 0.4) is 0 Å². The van der Waals surface area contributed by atoms with Gasteiger partial charge in [-0.25, -0.2) is 4.98 Å². The van der Waals surface area contributed by atoms with Crippen molar-refractivity contribution in [2.75, 3.05) is 0 Å². The molecule has 6 aromatic carbocycles. The lowest BCUT2D eigenvalue weighted by Gasteiger charge is -2.11. The zero-order valence-electron chi connectivity index (χ0n) is 23.4. The molecule has 0 aliphatic heterocycles. The molecule has 0 saturated heterocycles. The molecule has 2 heteroatoms. The second-order valence-corrected chi connectivity index (χ2v) is 10.8. The van der Waals surface area contributed by atoms with Gasteiger partial charge in [-0.3, -0.25) is 0 Å². The molecule has 0 atom stereocenters. The molecule has 8 aromatic rings. The van der Waals surface area contributed by atoms with E-state index in [1.54, 1.807) is 0 Å². The summed E-state index contributed by atoms with van der Waals surface area (Å²) in [6.45, 7) is 0. The summed E-state index contributed by atoms with van der Waals surface area (Å²) < 4.78 is 6.65. The first kappa shape index (κ1) is 25.0. The summed E-state index contributed by atoms with van der Waals surface area (Å²) in [5.41, 5.74) is 12.6. The molecule has 0 bridgehead atoms. The zero-order chi connectivity index (χ0) is 28.6. The van der Waals surface area contributed by atoms with Gasteiger partial charge >= 0.3 is 0 Å². The topological polar surface area (TPSA) is 26.0 Å². The van der Waals surface area contributed by atoms with Crippen molar-refractivity contribution in [1.82, 2.24) is 4.98 Å². The Morgan fingerprint density at radius 1 is 0.372 bits per heavy atom. The Hall–Kier alpha value is -5.73. The highest BCUT2D eigenvalue weighted by Gasteiger charge is 2.18. The van der Waals surface area contributed by atoms with Gasteiger partial charge < -0.3 is 4.42 Å². The van der Waals surface area contributed by atoms with E-state index < -0.39 is 0 Å². The maximum atomic E-state index is 6.65. The maximum absolute atomic E-state index is 6.65. The predicted octanol–water partition coefficient (Wildman–Crippen LogP) is 11.3. The first-order valence-corrected chi connectivity index (χ1v) is 14.6. The second kappa shape index (κ2) is 10.6. The molecule has 2 aromatic heterocycles. The van der Waals surface area contributed by atoms with Crippen LogP contribution in [0.5, 0.6) is 0 Å². The van der Waals surface area contributed by atoms with Crippen molar-refractivity contribution in [2.24, 2.45) is 0 Å². The normalized spacial score (nSPS) is 11.3. The van der Waals surface area contributed by atoms with Crippen molar-refractivity contribution in [3.63, 3.8) is 0 Å². The number of para-hydroxylation sites is 1. The molecule has 0 aliphatic carbocycles. The van der Waals surface area contributed by atoms with Crippen molar-refractivity contribution in [3.05, 3.63) is 164 Å². The molecule has 0 radical (unpaired) electrons. The van der Waals surface area contributed by atoms with Gasteiger partial charge in [0.1, 0.15) is 11.2 Å². The number of nitrogens with zero attached hydrogens (tertiary/aromatic N) is 1. The van der Waals surface area contributed by atoms with Crippen LogP contribution in [0, 0.1) is 0 Å². The van der Waals surface area contributed by atoms with Crippen LogP contribution in [0.4, 0.5) is 0 Å². The minimum absolute atomic E-state index is 0.854. The van der Waals surface area contributed by atoms with E-state index in [1.165, 1.54) is 11.1 Å². The number of fused-ring (bicyclic) bond motifs is 3. The molecule has 0 fully saturated rings. The zero-order valence-corrected chi connectivity index (χ0v) is 23.4. The Morgan fingerprint density at radius 2 is 0.930 bits per heavy atom. The largest absolute Gasteiger partial charge is 0.455 e. The van der Waals surface area contributed by atoms with E-state index in [-0.39, 0.29) is 0 Å². The summed E-state index contributed by atoms with van der Waals surface area (Å²) in [5, 5.41) is 2.16. The Morgan fingerprint density at radius 3 is 1.67 bits per heavy atom. The Kier molecular flexibility index (Phi) is 6.16. The molecule has 0 N–H and O–H groups in total. The second-order valence-electron chi connectivity index (χ2n) is 10.8. The van der Waals surface area contributed by atoms with Crippen LogP contribution in [0.15, 0.2) is 168 Å². The molecule has 0 saturated carbocycles. The maximum Gasteiger partial charge on any atom is 0.143 e. The van der Waals surface area contributed by atoms with Gasteiger partial charge in [0.05, 0.1) is 11.4 Å². The lowest BCUT2D eigenvalue weighted by atomic mass is 9.96. The van der Waals surface area contributed by atoms with Crippen molar-refractivity contribution < 1.29 is 4.42 Å². The standard InChI is InChI=1S/C41H27NO/c1-4-13-28(14-5-1)31-19-10-20-32(25-31)34-21-11-23-36-40-35(22-12-24-39(40)43-41(34)36)38-27-33(29-15-6-2-7-16-29)26-37(42-38)30-17-8-3-9-18-30/h1-27H. The molecule has 0 unspecified atom stereocenters. The minimum Gasteiger partial charge on any atom is -0.455 e. The molecule has 0 spiro atoms. The average molecular weight is 550 g/mol. The highest BCUT2D eigenvalue weighted by molar-refractivity contribution is 6.15. The summed E-state index contributed by atoms with van der Waals surface area (Å²) in [6, 6.07) is 57.2. The Labute approximate surface area is 250 Å². The third-order valence-electron chi connectivity index (χ3n) is 8.08. The summed E-state index contributed by atoms with van der Waals surface area (Å²) in [6.07, 6.45) is 0. The van der Waals surface area contributed by atoms with Crippen LogP contribution in [-0.4, -0.2) is 4.98 Å². The predicted molar refractivity (Wildman–Crippen MR) is 179 cm³/mol. The number of benzene rings is 6. The third-order valence-corrected chi connectivity index (χ3v) is 8.08. The number of aromatic nitrogens is 1. The highest BCUT2D eigenvalue weighted by Crippen LogP contribution is 2.41. The minimum atomic E-state index is 0.854. The van der Waals surface area contributed by atoms with E-state index in [4.69, 9.17) is 9.40 Å². The molecule has 202 valence electrons. The molecule has 2 nitrogen and oxygen atoms in total. The van der Waals surface area contributed by atoms with E-state index in [2.05, 4.69) is 152 Å². The average Bonchev–Trinajstić information content (AvgIpc) is 3.49. The smallest absolute Gasteiger partial charge is 0.143 e. The monoisotopic (exact) mass is 549 g/mol. The van der Waals surface area contributed by atoms with E-state index >= 15 is 0 Å². The Bertz CT molecular complexity index is 2160. The van der Waals surface area contributed by atoms with Crippen LogP contribution >= 0.6 is 0 Å². The number of rotatable bonds is 5. The summed E-state index contributed by atoms with van der Waals surface area (Å²) in [7, 11) is 0. The summed E-state index contributed by atoms with van der Waals surface area (Å²) >= 11 is 0. The van der Waals surface area contributed by atoms with Crippen molar-refractivity contribution in [1.29, 1.82) is 0 Å². The van der Waals surface area contributed by atoms with Crippen LogP contribution in [0.2, 0.25) is 0 Å². The number of pyridine rings is 1. The number of furan rings is 1. The number of hydrogen-bond donors (Lipinski definition) is 0. The fourth-order valence-electron chi connectivity index (χ4n) is 6.01. The Balaban J connectivity index is 1.33. The van der Waals surface area contributed by atoms with Crippen LogP contribution in [0.1, 0.15) is 0 Å². The van der Waals surface area contributed by atoms with Crippen LogP contribution < -0.4 is 0 Å². The van der Waals surface area contributed by atoms with Gasteiger partial charge in [-0.05, 0) is 52.1 Å². The molecule has 8 rings (SSSR count). The summed E-state index contributed by atoms with van der Waals surface area (Å²) in [4.78, 5) is 5.22. The molecule has 0 amide bonds. The molecular formula is C41H27NO. The lowest BCUT2D eigenvalue weighted by Crippen LogP contribution is -1.91.